The Labute approximate surface area is 190 Å². The quantitative estimate of drug-likeness (QED) is 0.772. The first-order chi connectivity index (χ1) is 15.0. The molecule has 0 radical (unpaired) electrons. The molecule has 2 fully saturated rings. The Kier molecular flexibility index (Phi) is 6.85. The largest absolute Gasteiger partial charge is 0.368 e. The average Bonchev–Trinajstić information content (AvgIpc) is 3.25. The van der Waals surface area contributed by atoms with Crippen LogP contribution in [0.2, 0.25) is 5.02 Å². The lowest BCUT2D eigenvalue weighted by atomic mass is 9.88. The van der Waals surface area contributed by atoms with E-state index in [1.165, 1.54) is 11.3 Å². The molecule has 2 aromatic carbocycles. The topological polar surface area (TPSA) is 52.8 Å². The van der Waals surface area contributed by atoms with E-state index in [-0.39, 0.29) is 17.7 Å². The first kappa shape index (κ1) is 22.1. The zero-order valence-corrected chi connectivity index (χ0v) is 19.3. The summed E-state index contributed by atoms with van der Waals surface area (Å²) in [6, 6.07) is 16.8. The number of amides is 1. The van der Waals surface area contributed by atoms with E-state index >= 15 is 0 Å². The van der Waals surface area contributed by atoms with E-state index < -0.39 is 0 Å². The number of carbonyl (C=O) groups is 1. The van der Waals surface area contributed by atoms with Gasteiger partial charge in [-0.25, -0.2) is 0 Å². The zero-order chi connectivity index (χ0) is 22.0. The number of benzene rings is 2. The lowest BCUT2D eigenvalue weighted by Gasteiger charge is -2.38. The third-order valence-corrected chi connectivity index (χ3v) is 7.09. The van der Waals surface area contributed by atoms with Crippen molar-refractivity contribution in [1.82, 2.24) is 9.80 Å². The van der Waals surface area contributed by atoms with Crippen LogP contribution in [-0.2, 0) is 11.3 Å². The van der Waals surface area contributed by atoms with Crippen LogP contribution in [0.4, 0.5) is 5.69 Å². The maximum atomic E-state index is 13.6. The van der Waals surface area contributed by atoms with E-state index in [0.29, 0.717) is 12.6 Å². The van der Waals surface area contributed by atoms with Gasteiger partial charge in [0.05, 0.1) is 5.92 Å². The van der Waals surface area contributed by atoms with Gasteiger partial charge < -0.3 is 15.5 Å². The highest BCUT2D eigenvalue weighted by Crippen LogP contribution is 2.36. The summed E-state index contributed by atoms with van der Waals surface area (Å²) >= 11 is 6.11. The Bertz CT molecular complexity index is 893. The second-order valence-electron chi connectivity index (χ2n) is 8.96. The molecule has 31 heavy (non-hydrogen) atoms. The highest BCUT2D eigenvalue weighted by molar-refractivity contribution is 6.30. The second-order valence-corrected chi connectivity index (χ2v) is 9.39. The zero-order valence-electron chi connectivity index (χ0n) is 18.5. The fourth-order valence-electron chi connectivity index (χ4n) is 4.95. The van der Waals surface area contributed by atoms with Gasteiger partial charge in [-0.1, -0.05) is 41.9 Å². The predicted molar refractivity (Wildman–Crippen MR) is 128 cm³/mol. The third-order valence-electron chi connectivity index (χ3n) is 6.84. The van der Waals surface area contributed by atoms with Gasteiger partial charge in [-0.3, -0.25) is 9.69 Å². The molecule has 2 saturated heterocycles. The molecule has 0 aliphatic carbocycles. The van der Waals surface area contributed by atoms with Gasteiger partial charge in [0.25, 0.3) is 0 Å². The van der Waals surface area contributed by atoms with Gasteiger partial charge in [-0.2, -0.15) is 0 Å². The molecule has 2 aliphatic rings. The lowest BCUT2D eigenvalue weighted by molar-refractivity contribution is -0.135. The van der Waals surface area contributed by atoms with Crippen molar-refractivity contribution in [2.75, 3.05) is 44.2 Å². The fourth-order valence-corrected chi connectivity index (χ4v) is 5.07. The van der Waals surface area contributed by atoms with Crippen molar-refractivity contribution in [3.63, 3.8) is 0 Å². The number of piperazine rings is 1. The predicted octanol–water partition coefficient (Wildman–Crippen LogP) is 3.57. The van der Waals surface area contributed by atoms with E-state index in [2.05, 4.69) is 58.9 Å². The minimum absolute atomic E-state index is 0.00791. The van der Waals surface area contributed by atoms with E-state index in [1.54, 1.807) is 0 Å². The number of nitrogens with two attached hydrogens (primary N) is 1. The molecular weight excluding hydrogens is 408 g/mol. The SMILES string of the molecule is CC(C)N1C[C@@H](C(=O)N2CCN(c3ccccc3CN)CC2)[C@H](c2ccc(Cl)cc2)C1. The maximum absolute atomic E-state index is 13.6. The van der Waals surface area contributed by atoms with Gasteiger partial charge in [0.1, 0.15) is 0 Å². The van der Waals surface area contributed by atoms with Crippen LogP contribution in [0.3, 0.4) is 0 Å². The summed E-state index contributed by atoms with van der Waals surface area (Å²) < 4.78 is 0. The summed E-state index contributed by atoms with van der Waals surface area (Å²) in [7, 11) is 0. The number of para-hydroxylation sites is 1. The normalized spacial score (nSPS) is 22.4. The maximum Gasteiger partial charge on any atom is 0.227 e. The molecule has 2 aliphatic heterocycles. The number of hydrogen-bond donors (Lipinski definition) is 1. The minimum Gasteiger partial charge on any atom is -0.368 e. The molecule has 1 amide bonds. The van der Waals surface area contributed by atoms with E-state index in [9.17, 15) is 4.79 Å². The van der Waals surface area contributed by atoms with Crippen molar-refractivity contribution in [2.24, 2.45) is 11.7 Å². The van der Waals surface area contributed by atoms with Crippen LogP contribution in [0.1, 0.15) is 30.9 Å². The number of likely N-dealkylation sites (tertiary alicyclic amines) is 1. The van der Waals surface area contributed by atoms with Crippen LogP contribution < -0.4 is 10.6 Å². The summed E-state index contributed by atoms with van der Waals surface area (Å²) in [4.78, 5) is 20.5. The summed E-state index contributed by atoms with van der Waals surface area (Å²) in [6.07, 6.45) is 0. The Morgan fingerprint density at radius 1 is 1.03 bits per heavy atom. The lowest BCUT2D eigenvalue weighted by Crippen LogP contribution is -2.51. The molecule has 2 heterocycles. The number of anilines is 1. The summed E-state index contributed by atoms with van der Waals surface area (Å²) in [6.45, 7) is 9.88. The molecule has 2 aromatic rings. The van der Waals surface area contributed by atoms with E-state index in [4.69, 9.17) is 17.3 Å². The Balaban J connectivity index is 1.47. The van der Waals surface area contributed by atoms with E-state index in [0.717, 1.165) is 49.9 Å². The van der Waals surface area contributed by atoms with Crippen molar-refractivity contribution in [1.29, 1.82) is 0 Å². The first-order valence-corrected chi connectivity index (χ1v) is 11.7. The summed E-state index contributed by atoms with van der Waals surface area (Å²) in [5, 5.41) is 0.735. The summed E-state index contributed by atoms with van der Waals surface area (Å²) in [5.74, 6) is 0.490. The number of rotatable bonds is 5. The van der Waals surface area contributed by atoms with Crippen molar-refractivity contribution < 1.29 is 4.79 Å². The van der Waals surface area contributed by atoms with Crippen LogP contribution in [-0.4, -0.2) is 61.0 Å². The molecule has 2 N–H and O–H groups in total. The molecule has 4 rings (SSSR count). The van der Waals surface area contributed by atoms with Gasteiger partial charge in [0.2, 0.25) is 5.91 Å². The second kappa shape index (κ2) is 9.60. The van der Waals surface area contributed by atoms with Gasteiger partial charge >= 0.3 is 0 Å². The van der Waals surface area contributed by atoms with Gasteiger partial charge in [0.15, 0.2) is 0 Å². The molecule has 0 saturated carbocycles. The standard InChI is InChI=1S/C25H33ClN4O/c1-18(2)30-16-22(19-7-9-21(26)10-8-19)23(17-30)25(31)29-13-11-28(12-14-29)24-6-4-3-5-20(24)15-27/h3-10,18,22-23H,11-17,27H2,1-2H3/t22-,23+/m0/s1. The number of nitrogens with zero attached hydrogens (tertiary/aromatic N) is 3. The summed E-state index contributed by atoms with van der Waals surface area (Å²) in [5.41, 5.74) is 9.50. The van der Waals surface area contributed by atoms with E-state index in [1.807, 2.05) is 18.2 Å². The van der Waals surface area contributed by atoms with Crippen LogP contribution in [0, 0.1) is 5.92 Å². The first-order valence-electron chi connectivity index (χ1n) is 11.3. The van der Waals surface area contributed by atoms with Crippen molar-refractivity contribution >= 4 is 23.2 Å². The van der Waals surface area contributed by atoms with Crippen LogP contribution in [0.25, 0.3) is 0 Å². The number of halogens is 1. The smallest absolute Gasteiger partial charge is 0.227 e. The van der Waals surface area contributed by atoms with Gasteiger partial charge in [0, 0.05) is 68.5 Å². The molecule has 166 valence electrons. The highest BCUT2D eigenvalue weighted by Gasteiger charge is 2.41. The molecule has 2 atom stereocenters. The third kappa shape index (κ3) is 4.74. The molecule has 0 bridgehead atoms. The van der Waals surface area contributed by atoms with Crippen molar-refractivity contribution in [3.8, 4) is 0 Å². The fraction of sp³-hybridized carbons (Fsp3) is 0.480. The van der Waals surface area contributed by atoms with Gasteiger partial charge in [-0.05, 0) is 43.2 Å². The van der Waals surface area contributed by atoms with Crippen molar-refractivity contribution in [3.05, 3.63) is 64.7 Å². The molecule has 6 heteroatoms. The minimum atomic E-state index is -0.00791. The van der Waals surface area contributed by atoms with Crippen molar-refractivity contribution in [2.45, 2.75) is 32.4 Å². The van der Waals surface area contributed by atoms with Gasteiger partial charge in [-0.15, -0.1) is 0 Å². The number of carbonyl (C=O) groups excluding carboxylic acids is 1. The van der Waals surface area contributed by atoms with Crippen LogP contribution in [0.15, 0.2) is 48.5 Å². The Morgan fingerprint density at radius 3 is 2.35 bits per heavy atom. The molecular formula is C25H33ClN4O. The average molecular weight is 441 g/mol. The Hall–Kier alpha value is -2.08. The monoisotopic (exact) mass is 440 g/mol. The molecule has 5 nitrogen and oxygen atoms in total. The number of hydrogen-bond acceptors (Lipinski definition) is 4. The van der Waals surface area contributed by atoms with Crippen LogP contribution >= 0.6 is 11.6 Å². The molecule has 0 aromatic heterocycles. The molecule has 0 spiro atoms. The highest BCUT2D eigenvalue weighted by atomic mass is 35.5. The van der Waals surface area contributed by atoms with Crippen LogP contribution in [0.5, 0.6) is 0 Å². The molecule has 0 unspecified atom stereocenters. The Morgan fingerprint density at radius 2 is 1.71 bits per heavy atom.